The van der Waals surface area contributed by atoms with Gasteiger partial charge in [0.15, 0.2) is 0 Å². The second-order valence-corrected chi connectivity index (χ2v) is 22.4. The van der Waals surface area contributed by atoms with E-state index >= 15 is 4.79 Å². The quantitative estimate of drug-likeness (QED) is 0.153. The molecule has 3 aliphatic heterocycles. The number of piperazine rings is 1. The molecular weight excluding hydrogens is 863 g/mol. The van der Waals surface area contributed by atoms with E-state index in [0.29, 0.717) is 37.3 Å². The normalized spacial score (nSPS) is 27.8. The Bertz CT molecular complexity index is 2230. The molecule has 4 heterocycles. The molecule has 1 aromatic carbocycles. The third-order valence-electron chi connectivity index (χ3n) is 15.3. The van der Waals surface area contributed by atoms with E-state index in [0.717, 1.165) is 120 Å². The van der Waals surface area contributed by atoms with Crippen LogP contribution in [0.2, 0.25) is 0 Å². The monoisotopic (exact) mass is 934 g/mol. The topological polar surface area (TPSA) is 198 Å². The first-order valence-electron chi connectivity index (χ1n) is 24.6. The van der Waals surface area contributed by atoms with Crippen LogP contribution in [0, 0.1) is 17.8 Å². The lowest BCUT2D eigenvalue weighted by Crippen LogP contribution is -2.64. The largest absolute Gasteiger partial charge is 0.492 e. The number of nitrogens with one attached hydrogen (secondary N) is 4. The van der Waals surface area contributed by atoms with Gasteiger partial charge in [-0.05, 0) is 95.6 Å². The van der Waals surface area contributed by atoms with Crippen molar-refractivity contribution in [2.24, 2.45) is 17.8 Å². The van der Waals surface area contributed by atoms with Gasteiger partial charge >= 0.3 is 6.09 Å². The Balaban J connectivity index is 1.13. The van der Waals surface area contributed by atoms with E-state index in [4.69, 9.17) is 19.2 Å². The molecule has 2 aromatic rings. The van der Waals surface area contributed by atoms with Crippen LogP contribution in [0.3, 0.4) is 0 Å². The van der Waals surface area contributed by atoms with Crippen LogP contribution < -0.4 is 30.1 Å². The molecule has 17 heteroatoms. The van der Waals surface area contributed by atoms with Crippen molar-refractivity contribution in [2.45, 2.75) is 152 Å². The number of carbonyl (C=O) groups excluding carboxylic acids is 4. The van der Waals surface area contributed by atoms with Gasteiger partial charge in [-0.25, -0.2) is 18.2 Å². The molecule has 3 aliphatic carbocycles. The van der Waals surface area contributed by atoms with E-state index in [1.165, 1.54) is 17.9 Å². The second kappa shape index (κ2) is 20.4. The summed E-state index contributed by atoms with van der Waals surface area (Å²) in [5.41, 5.74) is -0.226. The molecule has 362 valence electrons. The molecule has 4 N–H and O–H groups in total. The average molecular weight is 934 g/mol. The van der Waals surface area contributed by atoms with Crippen molar-refractivity contribution in [3.8, 4) is 11.6 Å². The molecule has 7 atom stereocenters. The summed E-state index contributed by atoms with van der Waals surface area (Å²) in [6.07, 6.45) is 11.0. The fraction of sp³-hybridized carbons (Fsp3) is 0.694. The molecule has 0 spiro atoms. The van der Waals surface area contributed by atoms with Crippen molar-refractivity contribution in [2.75, 3.05) is 45.9 Å². The van der Waals surface area contributed by atoms with Gasteiger partial charge in [0, 0.05) is 50.4 Å². The lowest BCUT2D eigenvalue weighted by molar-refractivity contribution is -0.143. The highest BCUT2D eigenvalue weighted by molar-refractivity contribution is 7.91. The van der Waals surface area contributed by atoms with E-state index in [1.807, 2.05) is 24.3 Å². The number of nitrogens with zero attached hydrogens (tertiary/aromatic N) is 3. The molecule has 8 rings (SSSR count). The van der Waals surface area contributed by atoms with Crippen molar-refractivity contribution in [1.82, 2.24) is 35.5 Å². The zero-order valence-electron chi connectivity index (χ0n) is 39.1. The number of sulfonamides is 1. The molecule has 1 aromatic heterocycles. The summed E-state index contributed by atoms with van der Waals surface area (Å²) in [4.78, 5) is 66.8. The van der Waals surface area contributed by atoms with Gasteiger partial charge < -0.3 is 40.0 Å². The molecule has 3 saturated carbocycles. The zero-order valence-corrected chi connectivity index (χ0v) is 39.9. The van der Waals surface area contributed by atoms with Gasteiger partial charge in [0.1, 0.15) is 35.6 Å². The lowest BCUT2D eigenvalue weighted by Gasteiger charge is -2.37. The third kappa shape index (κ3) is 10.8. The minimum absolute atomic E-state index is 0.0109. The van der Waals surface area contributed by atoms with Crippen molar-refractivity contribution >= 4 is 44.7 Å². The van der Waals surface area contributed by atoms with Gasteiger partial charge in [0.25, 0.3) is 5.91 Å². The minimum atomic E-state index is -4.06. The van der Waals surface area contributed by atoms with Gasteiger partial charge in [0.2, 0.25) is 27.7 Å². The van der Waals surface area contributed by atoms with Crippen molar-refractivity contribution in [3.05, 3.63) is 42.5 Å². The number of hydrogen-bond donors (Lipinski definition) is 4. The van der Waals surface area contributed by atoms with Gasteiger partial charge in [-0.15, -0.1) is 6.58 Å². The van der Waals surface area contributed by atoms with E-state index in [2.05, 4.69) is 32.2 Å². The number of rotatable bonds is 13. The molecule has 16 nitrogen and oxygen atoms in total. The molecule has 5 fully saturated rings. The number of amides is 4. The maximum absolute atomic E-state index is 15.2. The van der Waals surface area contributed by atoms with E-state index in [9.17, 15) is 22.8 Å². The number of benzene rings is 1. The van der Waals surface area contributed by atoms with Gasteiger partial charge in [-0.1, -0.05) is 57.2 Å². The summed E-state index contributed by atoms with van der Waals surface area (Å²) in [7, 11) is -4.06. The van der Waals surface area contributed by atoms with Crippen molar-refractivity contribution in [3.63, 3.8) is 0 Å². The molecular formula is C49H71N7O9S. The van der Waals surface area contributed by atoms with Crippen LogP contribution in [0.5, 0.6) is 11.6 Å². The van der Waals surface area contributed by atoms with Crippen LogP contribution in [-0.2, 0) is 35.6 Å². The summed E-state index contributed by atoms with van der Waals surface area (Å²) in [5.74, 6) is -1.52. The molecule has 6 aliphatic rings. The zero-order chi connectivity index (χ0) is 46.6. The summed E-state index contributed by atoms with van der Waals surface area (Å²) in [6.45, 7) is 14.0. The van der Waals surface area contributed by atoms with Gasteiger partial charge in [-0.3, -0.25) is 19.1 Å². The molecule has 2 saturated heterocycles. The first-order chi connectivity index (χ1) is 31.7. The van der Waals surface area contributed by atoms with Gasteiger partial charge in [0.05, 0.1) is 29.0 Å². The number of carbonyl (C=O) groups is 4. The van der Waals surface area contributed by atoms with Crippen molar-refractivity contribution < 1.29 is 41.8 Å². The van der Waals surface area contributed by atoms with E-state index < -0.39 is 68.2 Å². The number of hydrogen-bond acceptors (Lipinski definition) is 12. The Morgan fingerprint density at radius 2 is 1.74 bits per heavy atom. The Morgan fingerprint density at radius 3 is 2.47 bits per heavy atom. The van der Waals surface area contributed by atoms with Crippen LogP contribution in [0.25, 0.3) is 10.9 Å². The first-order valence-corrected chi connectivity index (χ1v) is 26.1. The van der Waals surface area contributed by atoms with Crippen LogP contribution >= 0.6 is 0 Å². The Labute approximate surface area is 390 Å². The summed E-state index contributed by atoms with van der Waals surface area (Å²) >= 11 is 0. The fourth-order valence-electron chi connectivity index (χ4n) is 10.2. The first kappa shape index (κ1) is 48.0. The average Bonchev–Trinajstić information content (AvgIpc) is 4.21. The van der Waals surface area contributed by atoms with Crippen LogP contribution in [0.4, 0.5) is 4.79 Å². The summed E-state index contributed by atoms with van der Waals surface area (Å²) < 4.78 is 47.4. The van der Waals surface area contributed by atoms with E-state index in [1.54, 1.807) is 13.8 Å². The SMILES string of the molecule is C=CC(C)C(C)(NC(=O)C1CC2CN1C(=O)C(C1CCCCC1)NC(=O)OC1CC1CCCCCc1c(nc3ccccc3c1OCCCN1CCNCC1)O2)C(=O)NS(=O)(=O)C1(C)CC1. The van der Waals surface area contributed by atoms with Crippen molar-refractivity contribution in [1.29, 1.82) is 0 Å². The Morgan fingerprint density at radius 1 is 1.03 bits per heavy atom. The molecule has 2 bridgehead atoms. The highest BCUT2D eigenvalue weighted by atomic mass is 32.2. The number of alkyl carbamates (subject to hydrolysis) is 1. The predicted octanol–water partition coefficient (Wildman–Crippen LogP) is 5.13. The number of ether oxygens (including phenoxy) is 3. The maximum Gasteiger partial charge on any atom is 0.408 e. The molecule has 7 unspecified atom stereocenters. The summed E-state index contributed by atoms with van der Waals surface area (Å²) in [5, 5.41) is 10.2. The van der Waals surface area contributed by atoms with E-state index in [-0.39, 0.29) is 30.9 Å². The fourth-order valence-corrected chi connectivity index (χ4v) is 11.6. The second-order valence-electron chi connectivity index (χ2n) is 20.2. The Hall–Kier alpha value is -4.48. The molecule has 0 radical (unpaired) electrons. The third-order valence-corrected chi connectivity index (χ3v) is 17.5. The smallest absolute Gasteiger partial charge is 0.408 e. The Kier molecular flexibility index (Phi) is 14.8. The predicted molar refractivity (Wildman–Crippen MR) is 250 cm³/mol. The summed E-state index contributed by atoms with van der Waals surface area (Å²) in [6, 6.07) is 5.73. The lowest BCUT2D eigenvalue weighted by atomic mass is 9.83. The van der Waals surface area contributed by atoms with Crippen LogP contribution in [-0.4, -0.2) is 127 Å². The number of para-hydroxylation sites is 1. The van der Waals surface area contributed by atoms with Crippen LogP contribution in [0.1, 0.15) is 116 Å². The highest BCUT2D eigenvalue weighted by Gasteiger charge is 2.54. The standard InChI is InChI=1S/C49H71N7O9S/c1-5-32(2)49(4,46(59)54-66(61,62)48(3)21-22-48)53-43(57)39-30-35-31-56(39)45(58)41(33-15-8-6-9-16-33)52-47(60)65-40-29-34(40)17-10-7-11-19-37-42(63-28-14-25-55-26-23-50-24-27-55)36-18-12-13-20-38(36)51-44(37)64-35/h5,12-13,18,20,32-35,39-41,50H,1,6-11,14-17,19,21-31H2,2-4H3,(H,52,60)(H,53,57)(H,54,59). The number of aromatic nitrogens is 1. The number of fused-ring (bicyclic) bond motifs is 5. The maximum atomic E-state index is 15.2. The molecule has 4 amide bonds. The highest BCUT2D eigenvalue weighted by Crippen LogP contribution is 2.43. The van der Waals surface area contributed by atoms with Crippen LogP contribution in [0.15, 0.2) is 36.9 Å². The minimum Gasteiger partial charge on any atom is -0.492 e. The number of pyridine rings is 1. The molecule has 66 heavy (non-hydrogen) atoms. The van der Waals surface area contributed by atoms with Gasteiger partial charge in [-0.2, -0.15) is 0 Å².